The number of carbonyl (C=O) groups is 1. The lowest BCUT2D eigenvalue weighted by molar-refractivity contribution is -0.154. The van der Waals surface area contributed by atoms with E-state index in [0.717, 1.165) is 63.1 Å². The predicted molar refractivity (Wildman–Crippen MR) is 136 cm³/mol. The second kappa shape index (κ2) is 8.55. The smallest absolute Gasteiger partial charge is 0.177 e. The first-order valence-corrected chi connectivity index (χ1v) is 13.4. The first kappa shape index (κ1) is 22.9. The van der Waals surface area contributed by atoms with Crippen LogP contribution in [0.3, 0.4) is 0 Å². The second-order valence-electron chi connectivity index (χ2n) is 10.9. The molecule has 2 fully saturated rings. The van der Waals surface area contributed by atoms with Gasteiger partial charge in [0.25, 0.3) is 0 Å². The summed E-state index contributed by atoms with van der Waals surface area (Å²) in [6, 6.07) is 13.0. The number of hydrogen-bond acceptors (Lipinski definition) is 5. The molecule has 5 heteroatoms. The van der Waals surface area contributed by atoms with Gasteiger partial charge in [0.2, 0.25) is 0 Å². The van der Waals surface area contributed by atoms with Gasteiger partial charge in [-0.2, -0.15) is 0 Å². The van der Waals surface area contributed by atoms with Crippen LogP contribution >= 0.6 is 0 Å². The van der Waals surface area contributed by atoms with Crippen molar-refractivity contribution in [2.75, 3.05) is 26.8 Å². The fraction of sp³-hybridized carbons (Fsp3) is 0.567. The summed E-state index contributed by atoms with van der Waals surface area (Å²) in [6.07, 6.45) is 6.56. The summed E-state index contributed by atoms with van der Waals surface area (Å²) in [5, 5.41) is 0. The van der Waals surface area contributed by atoms with Crippen LogP contribution in [0.2, 0.25) is 0 Å². The quantitative estimate of drug-likeness (QED) is 0.496. The summed E-state index contributed by atoms with van der Waals surface area (Å²) in [5.74, 6) is 3.09. The molecule has 2 heterocycles. The number of ether oxygens (including phenoxy) is 3. The molecule has 2 aromatic carbocycles. The van der Waals surface area contributed by atoms with E-state index in [1.807, 2.05) is 6.07 Å². The molecule has 1 saturated carbocycles. The van der Waals surface area contributed by atoms with Crippen LogP contribution in [0.25, 0.3) is 0 Å². The van der Waals surface area contributed by atoms with Crippen LogP contribution in [-0.4, -0.2) is 49.1 Å². The van der Waals surface area contributed by atoms with Crippen molar-refractivity contribution in [3.05, 3.63) is 53.1 Å². The summed E-state index contributed by atoms with van der Waals surface area (Å²) in [5.41, 5.74) is 2.71. The molecule has 186 valence electrons. The van der Waals surface area contributed by atoms with E-state index in [9.17, 15) is 4.79 Å². The van der Waals surface area contributed by atoms with Crippen molar-refractivity contribution in [2.24, 2.45) is 5.92 Å². The first-order chi connectivity index (χ1) is 17.0. The molecule has 6 rings (SSSR count). The third kappa shape index (κ3) is 3.20. The zero-order chi connectivity index (χ0) is 24.2. The lowest BCUT2D eigenvalue weighted by atomic mass is 9.47. The summed E-state index contributed by atoms with van der Waals surface area (Å²) in [6.45, 7) is 7.10. The van der Waals surface area contributed by atoms with E-state index in [1.54, 1.807) is 7.11 Å². The number of hydrogen-bond donors (Lipinski definition) is 0. The van der Waals surface area contributed by atoms with Crippen molar-refractivity contribution in [1.82, 2.24) is 4.90 Å². The highest BCUT2D eigenvalue weighted by Crippen LogP contribution is 2.68. The number of benzene rings is 2. The maximum atomic E-state index is 13.5. The zero-order valence-corrected chi connectivity index (χ0v) is 21.3. The van der Waals surface area contributed by atoms with Gasteiger partial charge in [0.1, 0.15) is 5.75 Å². The van der Waals surface area contributed by atoms with Gasteiger partial charge in [-0.15, -0.1) is 0 Å². The standard InChI is InChI=1S/C30H37NO4/c1-4-15-31-16-14-30-22-12-13-26(32)29(30,2)35-28-25(33-3)19-24(21(27(28)30)18-23(22)31)34-17-8-11-20-9-6-5-7-10-20/h5-7,9-10,19,22-23H,4,8,11-18H2,1-3H3/t22-,23+,29-,30-/m0/s1. The molecule has 2 bridgehead atoms. The molecule has 1 spiro atoms. The van der Waals surface area contributed by atoms with Crippen molar-refractivity contribution >= 4 is 5.78 Å². The van der Waals surface area contributed by atoms with Crippen LogP contribution in [0.4, 0.5) is 0 Å². The van der Waals surface area contributed by atoms with Crippen molar-refractivity contribution in [2.45, 2.75) is 75.9 Å². The minimum absolute atomic E-state index is 0.243. The van der Waals surface area contributed by atoms with E-state index < -0.39 is 5.60 Å². The Labute approximate surface area is 208 Å². The number of piperidine rings is 1. The van der Waals surface area contributed by atoms with E-state index in [-0.39, 0.29) is 11.2 Å². The van der Waals surface area contributed by atoms with E-state index in [4.69, 9.17) is 14.2 Å². The largest absolute Gasteiger partial charge is 0.493 e. The van der Waals surface area contributed by atoms with Crippen LogP contribution in [0, 0.1) is 5.92 Å². The molecule has 2 aliphatic heterocycles. The SMILES string of the molecule is CCCN1CC[C@]23c4c5c(OCCCc6ccccc6)cc(OC)c4O[C@@]2(C)C(=O)CC[C@H]3[C@H]1C5. The Morgan fingerprint density at radius 2 is 2.03 bits per heavy atom. The van der Waals surface area contributed by atoms with Crippen LogP contribution in [0.15, 0.2) is 36.4 Å². The number of ketones is 1. The third-order valence-corrected chi connectivity index (χ3v) is 9.34. The molecule has 0 radical (unpaired) electrons. The van der Waals surface area contributed by atoms with Gasteiger partial charge in [-0.1, -0.05) is 37.3 Å². The Balaban J connectivity index is 1.39. The highest BCUT2D eigenvalue weighted by molar-refractivity contribution is 5.93. The number of likely N-dealkylation sites (tertiary alicyclic amines) is 1. The van der Waals surface area contributed by atoms with Crippen LogP contribution in [-0.2, 0) is 23.1 Å². The van der Waals surface area contributed by atoms with Gasteiger partial charge in [-0.25, -0.2) is 0 Å². The van der Waals surface area contributed by atoms with Gasteiger partial charge in [-0.05, 0) is 70.0 Å². The molecule has 5 nitrogen and oxygen atoms in total. The molecule has 1 saturated heterocycles. The van der Waals surface area contributed by atoms with Crippen LogP contribution < -0.4 is 14.2 Å². The summed E-state index contributed by atoms with van der Waals surface area (Å²) >= 11 is 0. The molecule has 0 amide bonds. The van der Waals surface area contributed by atoms with Crippen molar-refractivity contribution < 1.29 is 19.0 Å². The number of rotatable bonds is 8. The van der Waals surface area contributed by atoms with Gasteiger partial charge in [-0.3, -0.25) is 9.69 Å². The number of aryl methyl sites for hydroxylation is 1. The molecule has 0 N–H and O–H groups in total. The normalized spacial score (nSPS) is 30.5. The number of methoxy groups -OCH3 is 1. The van der Waals surface area contributed by atoms with E-state index >= 15 is 0 Å². The number of Topliss-reactive ketones (excluding diaryl/α,β-unsaturated/α-hetero) is 1. The summed E-state index contributed by atoms with van der Waals surface area (Å²) < 4.78 is 19.0. The molecule has 4 aliphatic rings. The lowest BCUT2D eigenvalue weighted by Crippen LogP contribution is -2.70. The predicted octanol–water partition coefficient (Wildman–Crippen LogP) is 5.12. The molecule has 2 aliphatic carbocycles. The van der Waals surface area contributed by atoms with Gasteiger partial charge < -0.3 is 14.2 Å². The minimum atomic E-state index is -0.816. The molecule has 4 atom stereocenters. The van der Waals surface area contributed by atoms with Gasteiger partial charge in [0, 0.05) is 29.7 Å². The molecule has 0 aromatic heterocycles. The molecular formula is C30H37NO4. The minimum Gasteiger partial charge on any atom is -0.493 e. The fourth-order valence-electron chi connectivity index (χ4n) is 7.82. The summed E-state index contributed by atoms with van der Waals surface area (Å²) in [7, 11) is 1.69. The topological polar surface area (TPSA) is 48.0 Å². The third-order valence-electron chi connectivity index (χ3n) is 9.34. The Hall–Kier alpha value is -2.53. The van der Waals surface area contributed by atoms with Gasteiger partial charge in [0.05, 0.1) is 19.1 Å². The average molecular weight is 476 g/mol. The Kier molecular flexibility index (Phi) is 5.59. The van der Waals surface area contributed by atoms with Crippen molar-refractivity contribution in [3.8, 4) is 17.2 Å². The highest BCUT2D eigenvalue weighted by atomic mass is 16.5. The van der Waals surface area contributed by atoms with E-state index in [2.05, 4.69) is 49.1 Å². The second-order valence-corrected chi connectivity index (χ2v) is 10.9. The van der Waals surface area contributed by atoms with Crippen molar-refractivity contribution in [3.63, 3.8) is 0 Å². The van der Waals surface area contributed by atoms with Crippen LogP contribution in [0.1, 0.15) is 62.6 Å². The maximum Gasteiger partial charge on any atom is 0.177 e. The van der Waals surface area contributed by atoms with Crippen molar-refractivity contribution in [1.29, 1.82) is 0 Å². The number of carbonyl (C=O) groups excluding carboxylic acids is 1. The van der Waals surface area contributed by atoms with Gasteiger partial charge in [0.15, 0.2) is 22.9 Å². The highest BCUT2D eigenvalue weighted by Gasteiger charge is 2.72. The molecule has 35 heavy (non-hydrogen) atoms. The monoisotopic (exact) mass is 475 g/mol. The molecular weight excluding hydrogens is 438 g/mol. The average Bonchev–Trinajstić information content (AvgIpc) is 3.15. The van der Waals surface area contributed by atoms with E-state index in [0.29, 0.717) is 30.7 Å². The van der Waals surface area contributed by atoms with E-state index in [1.165, 1.54) is 16.7 Å². The first-order valence-electron chi connectivity index (χ1n) is 13.4. The summed E-state index contributed by atoms with van der Waals surface area (Å²) in [4.78, 5) is 16.1. The zero-order valence-electron chi connectivity index (χ0n) is 21.3. The Morgan fingerprint density at radius 1 is 1.20 bits per heavy atom. The van der Waals surface area contributed by atoms with Gasteiger partial charge >= 0.3 is 0 Å². The lowest BCUT2D eigenvalue weighted by Gasteiger charge is -2.60. The van der Waals surface area contributed by atoms with Crippen LogP contribution in [0.5, 0.6) is 17.2 Å². The molecule has 0 unspecified atom stereocenters. The maximum absolute atomic E-state index is 13.5. The molecule has 2 aromatic rings. The fourth-order valence-corrected chi connectivity index (χ4v) is 7.82. The Bertz CT molecular complexity index is 1130. The number of nitrogens with zero attached hydrogens (tertiary/aromatic N) is 1. The Morgan fingerprint density at radius 3 is 2.80 bits per heavy atom.